The fourth-order valence-corrected chi connectivity index (χ4v) is 3.74. The molecule has 10 nitrogen and oxygen atoms in total. The minimum atomic E-state index is -4.38. The Kier molecular flexibility index (Phi) is 8.62. The van der Waals surface area contributed by atoms with Crippen LogP contribution in [0.3, 0.4) is 0 Å². The number of carboxylic acids is 2. The van der Waals surface area contributed by atoms with Gasteiger partial charge in [0.05, 0.1) is 5.56 Å². The van der Waals surface area contributed by atoms with Crippen molar-refractivity contribution in [1.82, 2.24) is 20.0 Å². The van der Waals surface area contributed by atoms with Crippen LogP contribution in [0.5, 0.6) is 5.75 Å². The zero-order valence-electron chi connectivity index (χ0n) is 20.8. The number of aryl methyl sites for hydroxylation is 2. The SMILES string of the molecule is O=C(O)c1nnn(CCCCc2ccc(OCc3coc(/C=C/c4ccc(C(F)(F)F)cc4)n3)cc2)c1C(=O)O. The average molecular weight is 556 g/mol. The molecule has 208 valence electrons. The van der Waals surface area contributed by atoms with Crippen molar-refractivity contribution in [1.29, 1.82) is 0 Å². The lowest BCUT2D eigenvalue weighted by Crippen LogP contribution is -2.14. The van der Waals surface area contributed by atoms with Gasteiger partial charge in [0, 0.05) is 12.6 Å². The van der Waals surface area contributed by atoms with Crippen molar-refractivity contribution in [2.45, 2.75) is 38.6 Å². The molecule has 0 bridgehead atoms. The lowest BCUT2D eigenvalue weighted by Gasteiger charge is -2.06. The van der Waals surface area contributed by atoms with E-state index >= 15 is 0 Å². The van der Waals surface area contributed by atoms with Gasteiger partial charge in [-0.1, -0.05) is 29.5 Å². The minimum Gasteiger partial charge on any atom is -0.487 e. The fraction of sp³-hybridized carbons (Fsp3) is 0.222. The third kappa shape index (κ3) is 7.34. The highest BCUT2D eigenvalue weighted by atomic mass is 19.4. The first-order valence-electron chi connectivity index (χ1n) is 12.0. The van der Waals surface area contributed by atoms with E-state index in [0.29, 0.717) is 36.3 Å². The standard InChI is InChI=1S/C27H23F3N4O6/c28-27(29,30)19-9-4-18(5-10-19)8-13-22-31-20(16-40-22)15-39-21-11-6-17(7-12-21)3-1-2-14-34-24(26(37)38)23(25(35)36)32-33-34/h4-13,16H,1-3,14-15H2,(H,35,36)(H,37,38)/b13-8+. The van der Waals surface area contributed by atoms with Crippen LogP contribution in [-0.2, 0) is 25.7 Å². The molecule has 0 amide bonds. The number of hydrogen-bond donors (Lipinski definition) is 2. The molecular formula is C27H23F3N4O6. The molecule has 2 aromatic heterocycles. The number of rotatable bonds is 12. The monoisotopic (exact) mass is 556 g/mol. The molecule has 0 atom stereocenters. The number of aromatic carboxylic acids is 2. The van der Waals surface area contributed by atoms with Crippen molar-refractivity contribution < 1.29 is 42.1 Å². The normalized spacial score (nSPS) is 11.7. The number of oxazole rings is 1. The van der Waals surface area contributed by atoms with E-state index in [1.54, 1.807) is 24.3 Å². The summed E-state index contributed by atoms with van der Waals surface area (Å²) in [4.78, 5) is 26.7. The summed E-state index contributed by atoms with van der Waals surface area (Å²) in [6.45, 7) is 0.376. The van der Waals surface area contributed by atoms with E-state index in [9.17, 15) is 27.9 Å². The van der Waals surface area contributed by atoms with E-state index in [4.69, 9.17) is 14.3 Å². The Labute approximate surface area is 225 Å². The van der Waals surface area contributed by atoms with Crippen LogP contribution in [0.1, 0.15) is 62.1 Å². The van der Waals surface area contributed by atoms with Crippen molar-refractivity contribution in [3.63, 3.8) is 0 Å². The van der Waals surface area contributed by atoms with E-state index in [1.807, 2.05) is 12.1 Å². The largest absolute Gasteiger partial charge is 0.487 e. The second-order valence-electron chi connectivity index (χ2n) is 8.64. The van der Waals surface area contributed by atoms with Crippen LogP contribution in [0.2, 0.25) is 0 Å². The summed E-state index contributed by atoms with van der Waals surface area (Å²) >= 11 is 0. The molecule has 0 saturated heterocycles. The number of carboxylic acid groups (broad SMARTS) is 2. The number of nitrogens with zero attached hydrogens (tertiary/aromatic N) is 4. The summed E-state index contributed by atoms with van der Waals surface area (Å²) in [6, 6.07) is 12.1. The molecule has 2 aromatic carbocycles. The lowest BCUT2D eigenvalue weighted by atomic mass is 10.1. The summed E-state index contributed by atoms with van der Waals surface area (Å²) in [5, 5.41) is 25.3. The predicted molar refractivity (Wildman–Crippen MR) is 135 cm³/mol. The zero-order valence-corrected chi connectivity index (χ0v) is 20.8. The molecule has 2 heterocycles. The third-order valence-corrected chi connectivity index (χ3v) is 5.76. The van der Waals surface area contributed by atoms with E-state index in [2.05, 4.69) is 15.3 Å². The van der Waals surface area contributed by atoms with Crippen LogP contribution in [0.15, 0.2) is 59.2 Å². The minimum absolute atomic E-state index is 0.152. The smallest absolute Gasteiger partial charge is 0.416 e. The summed E-state index contributed by atoms with van der Waals surface area (Å²) in [5.74, 6) is -1.93. The maximum atomic E-state index is 12.7. The highest BCUT2D eigenvalue weighted by molar-refractivity contribution is 5.98. The molecule has 0 unspecified atom stereocenters. The Morgan fingerprint density at radius 3 is 2.35 bits per heavy atom. The second kappa shape index (κ2) is 12.3. The second-order valence-corrected chi connectivity index (χ2v) is 8.64. The number of ether oxygens (including phenoxy) is 1. The number of hydrogen-bond acceptors (Lipinski definition) is 7. The van der Waals surface area contributed by atoms with Crippen LogP contribution in [0.4, 0.5) is 13.2 Å². The molecule has 0 aliphatic carbocycles. The Bertz CT molecular complexity index is 1490. The first-order chi connectivity index (χ1) is 19.1. The summed E-state index contributed by atoms with van der Waals surface area (Å²) in [5.41, 5.74) is 0.400. The Morgan fingerprint density at radius 2 is 1.70 bits per heavy atom. The van der Waals surface area contributed by atoms with Crippen LogP contribution in [0.25, 0.3) is 12.2 Å². The summed E-state index contributed by atoms with van der Waals surface area (Å²) in [6.07, 6.45) is 2.20. The molecule has 40 heavy (non-hydrogen) atoms. The highest BCUT2D eigenvalue weighted by Crippen LogP contribution is 2.29. The average Bonchev–Trinajstić information content (AvgIpc) is 3.56. The van der Waals surface area contributed by atoms with Gasteiger partial charge in [-0.2, -0.15) is 13.2 Å². The molecule has 0 fully saturated rings. The number of benzene rings is 2. The van der Waals surface area contributed by atoms with Gasteiger partial charge in [-0.25, -0.2) is 19.3 Å². The van der Waals surface area contributed by atoms with E-state index < -0.39 is 35.1 Å². The van der Waals surface area contributed by atoms with Crippen LogP contribution < -0.4 is 4.74 Å². The van der Waals surface area contributed by atoms with Gasteiger partial charge in [-0.15, -0.1) is 5.10 Å². The molecular weight excluding hydrogens is 533 g/mol. The lowest BCUT2D eigenvalue weighted by molar-refractivity contribution is -0.137. The van der Waals surface area contributed by atoms with Crippen molar-refractivity contribution in [3.05, 3.63) is 94.5 Å². The summed E-state index contributed by atoms with van der Waals surface area (Å²) < 4.78 is 50.2. The van der Waals surface area contributed by atoms with Gasteiger partial charge in [0.2, 0.25) is 11.6 Å². The van der Waals surface area contributed by atoms with Gasteiger partial charge in [0.15, 0.2) is 5.69 Å². The number of carbonyl (C=O) groups is 2. The quantitative estimate of drug-likeness (QED) is 0.218. The summed E-state index contributed by atoms with van der Waals surface area (Å²) in [7, 11) is 0. The number of alkyl halides is 3. The molecule has 0 spiro atoms. The zero-order chi connectivity index (χ0) is 28.7. The molecule has 4 aromatic rings. The highest BCUT2D eigenvalue weighted by Gasteiger charge is 2.29. The topological polar surface area (TPSA) is 141 Å². The van der Waals surface area contributed by atoms with Crippen molar-refractivity contribution >= 4 is 24.1 Å². The molecule has 0 radical (unpaired) electrons. The third-order valence-electron chi connectivity index (χ3n) is 5.76. The maximum Gasteiger partial charge on any atom is 0.416 e. The Balaban J connectivity index is 1.21. The van der Waals surface area contributed by atoms with Gasteiger partial charge in [0.25, 0.3) is 0 Å². The van der Waals surface area contributed by atoms with Crippen LogP contribution in [-0.4, -0.2) is 42.1 Å². The number of unbranched alkanes of at least 4 members (excludes halogenated alkanes) is 1. The maximum absolute atomic E-state index is 12.7. The van der Waals surface area contributed by atoms with Crippen molar-refractivity contribution in [3.8, 4) is 5.75 Å². The van der Waals surface area contributed by atoms with Crippen LogP contribution >= 0.6 is 0 Å². The molecule has 0 aliphatic rings. The predicted octanol–water partition coefficient (Wildman–Crippen LogP) is 5.45. The van der Waals surface area contributed by atoms with Gasteiger partial charge in [-0.3, -0.25) is 0 Å². The first-order valence-corrected chi connectivity index (χ1v) is 12.0. The number of aromatic nitrogens is 4. The first kappa shape index (κ1) is 28.1. The molecule has 0 aliphatic heterocycles. The Morgan fingerprint density at radius 1 is 0.975 bits per heavy atom. The number of halogens is 3. The molecule has 0 saturated carbocycles. The fourth-order valence-electron chi connectivity index (χ4n) is 3.74. The molecule has 4 rings (SSSR count). The molecule has 13 heteroatoms. The van der Waals surface area contributed by atoms with Gasteiger partial charge in [0.1, 0.15) is 24.3 Å². The van der Waals surface area contributed by atoms with Gasteiger partial charge >= 0.3 is 18.1 Å². The van der Waals surface area contributed by atoms with Crippen LogP contribution in [0, 0.1) is 0 Å². The van der Waals surface area contributed by atoms with Gasteiger partial charge < -0.3 is 19.4 Å². The van der Waals surface area contributed by atoms with Crippen molar-refractivity contribution in [2.24, 2.45) is 0 Å². The Hall–Kier alpha value is -4.94. The van der Waals surface area contributed by atoms with Gasteiger partial charge in [-0.05, 0) is 60.7 Å². The van der Waals surface area contributed by atoms with Crippen molar-refractivity contribution in [2.75, 3.05) is 0 Å². The van der Waals surface area contributed by atoms with E-state index in [0.717, 1.165) is 22.4 Å². The van der Waals surface area contributed by atoms with E-state index in [-0.39, 0.29) is 19.0 Å². The molecule has 2 N–H and O–H groups in total. The van der Waals surface area contributed by atoms with E-state index in [1.165, 1.54) is 18.4 Å².